The van der Waals surface area contributed by atoms with Gasteiger partial charge in [0.05, 0.1) is 78.1 Å². The van der Waals surface area contributed by atoms with Crippen molar-refractivity contribution in [2.75, 3.05) is 96.1 Å². The average Bonchev–Trinajstić information content (AvgIpc) is 0.774. The van der Waals surface area contributed by atoms with Gasteiger partial charge in [-0.15, -0.1) is 0 Å². The van der Waals surface area contributed by atoms with Crippen LogP contribution in [-0.2, 0) is 95.0 Å². The van der Waals surface area contributed by atoms with Crippen molar-refractivity contribution >= 4 is 47.0 Å². The molecule has 0 spiro atoms. The summed E-state index contributed by atoms with van der Waals surface area (Å²) in [5.41, 5.74) is 0. The van der Waals surface area contributed by atoms with Gasteiger partial charge in [-0.25, -0.2) is 0 Å². The van der Waals surface area contributed by atoms with Crippen molar-refractivity contribution in [1.29, 1.82) is 0 Å². The lowest BCUT2D eigenvalue weighted by molar-refractivity contribution is -0.394. The van der Waals surface area contributed by atoms with Crippen LogP contribution in [-0.4, -0.2) is 442 Å². The number of Topliss-reactive ketones (excluding diaryl/α,β-unsaturated/α-hetero) is 2. The number of rotatable bonds is 26. The van der Waals surface area contributed by atoms with Crippen molar-refractivity contribution in [2.45, 2.75) is 248 Å². The number of carboxylic acids is 2. The predicted octanol–water partition coefficient (Wildman–Crippen LogP) is -12.4. The van der Waals surface area contributed by atoms with Crippen LogP contribution in [0.25, 0.3) is 0 Å². The number of carbonyl (C=O) groups excluding carboxylic acids is 2. The minimum absolute atomic E-state index is 0.0564. The van der Waals surface area contributed by atoms with Crippen molar-refractivity contribution in [3.05, 3.63) is 0 Å². The number of aliphatic hydroxyl groups excluding tert-OH is 19. The second-order valence-electron chi connectivity index (χ2n) is 25.6. The molecule has 0 aliphatic carbocycles. The molecule has 22 N–H and O–H groups in total. The number of hydrogen-bond acceptors (Lipinski definition) is 42. The van der Waals surface area contributed by atoms with Gasteiger partial charge in [-0.05, 0) is 19.7 Å². The lowest BCUT2D eigenvalue weighted by atomic mass is 9.95. The van der Waals surface area contributed by atoms with Gasteiger partial charge in [-0.2, -0.15) is 23.5 Å². The second kappa shape index (κ2) is 42.3. The maximum Gasteiger partial charge on any atom is 0.321 e. The van der Waals surface area contributed by atoms with Crippen LogP contribution >= 0.6 is 23.5 Å². The summed E-state index contributed by atoms with van der Waals surface area (Å²) in [5, 5.41) is 233. The first kappa shape index (κ1) is 88.8. The van der Waals surface area contributed by atoms with Crippen LogP contribution in [0, 0.1) is 5.92 Å². The van der Waals surface area contributed by atoms with E-state index in [1.54, 1.807) is 0 Å². The third-order valence-electron chi connectivity index (χ3n) is 18.3. The molecule has 21 saturated heterocycles. The van der Waals surface area contributed by atoms with Gasteiger partial charge in [0, 0.05) is 36.5 Å². The molecule has 21 aliphatic rings. The van der Waals surface area contributed by atoms with Crippen molar-refractivity contribution in [3.8, 4) is 0 Å². The number of hydrogen-bond donors (Lipinski definition) is 22. The molecule has 14 bridgehead atoms. The molecule has 0 aromatic heterocycles. The molecule has 13 unspecified atom stereocenters. The Morgan fingerprint density at radius 1 is 0.404 bits per heavy atom. The van der Waals surface area contributed by atoms with Crippen LogP contribution in [0.5, 0.6) is 0 Å². The lowest BCUT2D eigenvalue weighted by Crippen LogP contribution is -2.68. The van der Waals surface area contributed by atoms with Crippen molar-refractivity contribution in [2.24, 2.45) is 5.92 Å². The second-order valence-corrected chi connectivity index (χ2v) is 28.0. The van der Waals surface area contributed by atoms with Crippen LogP contribution in [0.2, 0.25) is 0 Å². The molecular formula is C60H101NO41S2. The first-order valence-electron chi connectivity index (χ1n) is 33.6. The van der Waals surface area contributed by atoms with E-state index in [4.69, 9.17) is 80.9 Å². The van der Waals surface area contributed by atoms with Crippen molar-refractivity contribution < 1.29 is 202 Å². The Labute approximate surface area is 602 Å². The Morgan fingerprint density at radius 3 is 1.06 bits per heavy atom. The van der Waals surface area contributed by atoms with Crippen molar-refractivity contribution in [3.63, 3.8) is 0 Å². The number of likely N-dealkylation sites (N-methyl/N-ethyl adjacent to an activating group) is 1. The summed E-state index contributed by atoms with van der Waals surface area (Å²) in [5.74, 6) is -2.00. The zero-order chi connectivity index (χ0) is 76.5. The summed E-state index contributed by atoms with van der Waals surface area (Å²) in [6.07, 6.45) is -66.3. The largest absolute Gasteiger partial charge is 0.481 e. The number of carbonyl (C=O) groups is 4. The minimum Gasteiger partial charge on any atom is -0.481 e. The van der Waals surface area contributed by atoms with E-state index in [0.29, 0.717) is 32.0 Å². The van der Waals surface area contributed by atoms with Gasteiger partial charge in [-0.1, -0.05) is 6.92 Å². The number of aliphatic carboxylic acids is 2. The quantitative estimate of drug-likeness (QED) is 0.0358. The molecule has 21 fully saturated rings. The highest BCUT2D eigenvalue weighted by molar-refractivity contribution is 7.99. The molecule has 0 radical (unpaired) electrons. The smallest absolute Gasteiger partial charge is 0.321 e. The van der Waals surface area contributed by atoms with Crippen LogP contribution in [0.4, 0.5) is 0 Å². The Morgan fingerprint density at radius 2 is 0.731 bits per heavy atom. The molecule has 104 heavy (non-hydrogen) atoms. The van der Waals surface area contributed by atoms with E-state index < -0.39 is 272 Å². The highest BCUT2D eigenvalue weighted by Crippen LogP contribution is 2.39. The number of ketones is 2. The molecule has 0 aromatic rings. The summed E-state index contributed by atoms with van der Waals surface area (Å²) in [6, 6.07) is -1.15. The van der Waals surface area contributed by atoms with Crippen molar-refractivity contribution in [1.82, 2.24) is 5.32 Å². The highest BCUT2D eigenvalue weighted by Gasteiger charge is 2.59. The molecule has 21 aliphatic heterocycles. The highest BCUT2D eigenvalue weighted by atomic mass is 32.2. The first-order chi connectivity index (χ1) is 49.5. The maximum absolute atomic E-state index is 11.8. The Kier molecular flexibility index (Phi) is 36.1. The molecule has 42 nitrogen and oxygen atoms in total. The van der Waals surface area contributed by atoms with Gasteiger partial charge in [0.25, 0.3) is 0 Å². The van der Waals surface area contributed by atoms with Gasteiger partial charge in [-0.3, -0.25) is 19.2 Å². The van der Waals surface area contributed by atoms with Gasteiger partial charge in [0.1, 0.15) is 176 Å². The SMILES string of the molecule is CCSC[C@@H](CC(=O)CCOCCOCCC(C)=O)C(=O)O.CN[C@H](CSCC1O[C@H]2O[C@@H]3C(CO)O[C@H](O[C@@H]4C(CO)O[C@H](O[C@@H]5C(CO)O[C@H](O[C@@H]6CO[C@H](O[C@@H]7C(CO)O[C@@H](O[C@@H]8C(CO)O[C@@H](O[C@H]1[C@H](O)C2O)C(O)[C@H]8O)C(O)[C@H]7O)C(O)[C@H]6O)C(O)[C@H]5O)C(O)[C@H]4O)C(O)[C@H]3O)C(=O)O. The van der Waals surface area contributed by atoms with E-state index in [0.717, 1.165) is 17.5 Å². The number of nitrogens with one attached hydrogen (secondary N) is 1. The van der Waals surface area contributed by atoms with E-state index in [9.17, 15) is 121 Å². The maximum atomic E-state index is 11.8. The molecule has 21 rings (SSSR count). The van der Waals surface area contributed by atoms with E-state index in [1.165, 1.54) is 25.7 Å². The molecule has 21 heterocycles. The number of aliphatic hydroxyl groups is 19. The number of thioether (sulfide) groups is 2. The topological polar surface area (TPSA) is 653 Å². The third kappa shape index (κ3) is 22.4. The zero-order valence-corrected chi connectivity index (χ0v) is 58.3. The van der Waals surface area contributed by atoms with Crippen LogP contribution < -0.4 is 5.32 Å². The summed E-state index contributed by atoms with van der Waals surface area (Å²) in [7, 11) is 1.36. The molecule has 44 heteroatoms. The zero-order valence-electron chi connectivity index (χ0n) is 56.7. The van der Waals surface area contributed by atoms with Gasteiger partial charge in [0.15, 0.2) is 44.0 Å². The minimum atomic E-state index is -2.22. The fourth-order valence-electron chi connectivity index (χ4n) is 12.3. The monoisotopic (exact) mass is 1560 g/mol. The average molecular weight is 1560 g/mol. The number of carboxylic acid groups (broad SMARTS) is 2. The fourth-order valence-corrected chi connectivity index (χ4v) is 14.2. The normalized spacial score (nSPS) is 43.7. The van der Waals surface area contributed by atoms with E-state index in [1.807, 2.05) is 6.92 Å². The van der Waals surface area contributed by atoms with E-state index in [2.05, 4.69) is 5.32 Å². The standard InChI is InChI=1S/C45H75NO35S.C15H26O6S/c1-46-10(38(66)67)8-82-9-17-37-24(58)31(65)45(75-17)80-36-15(6-51)72-43(29(63)22(36)56)79-34-13(4-49)71-42(28(62)21(34)55)77-33-12(3-48)69-40(26(60)19(33)53)74-16-7-68-39(25(59)18(16)52)76-32-11(2-47)70-41(27(61)20(32)54)78-35-14(5-50)73-44(81-37)30(64)23(35)57;1-3-22-11-13(15(18)19)10-14(17)5-7-21-9-8-20-6-4-12(2)16/h10-37,39-65H,2-9H2,1H3,(H,66,67);13H,3-11H2,1-2H3,(H,18,19)/t10-,11?,12?,13?,14?,15?,16-,17?,18+,19-,20-,21-,22-,23-,24-,25?,26?,27?,28?,29?,30?,31?,32-,33-,34-,35-,36-,37-,39-,40-,41+,42-,43-,44+,45+;13-/m11/s1. The third-order valence-corrected chi connectivity index (χ3v) is 20.5. The molecule has 36 atom stereocenters. The van der Waals surface area contributed by atoms with E-state index >= 15 is 0 Å². The van der Waals surface area contributed by atoms with Gasteiger partial charge >= 0.3 is 11.9 Å². The molecular weight excluding hydrogens is 1450 g/mol. The first-order valence-corrected chi connectivity index (χ1v) is 35.9. The molecule has 0 aromatic carbocycles. The molecule has 0 amide bonds. The van der Waals surface area contributed by atoms with Crippen LogP contribution in [0.1, 0.15) is 33.1 Å². The lowest BCUT2D eigenvalue weighted by Gasteiger charge is -2.50. The Balaban J connectivity index is 0.000000591. The summed E-state index contributed by atoms with van der Waals surface area (Å²) >= 11 is 2.43. The summed E-state index contributed by atoms with van der Waals surface area (Å²) < 4.78 is 91.1. The molecule has 604 valence electrons. The summed E-state index contributed by atoms with van der Waals surface area (Å²) in [6.45, 7) is -0.996. The predicted molar refractivity (Wildman–Crippen MR) is 338 cm³/mol. The molecule has 0 saturated carbocycles. The van der Waals surface area contributed by atoms with Gasteiger partial charge < -0.3 is 188 Å². The van der Waals surface area contributed by atoms with Crippen LogP contribution in [0.3, 0.4) is 0 Å². The van der Waals surface area contributed by atoms with Gasteiger partial charge in [0.2, 0.25) is 0 Å². The number of ether oxygens (including phenoxy) is 16. The Hall–Kier alpha value is -2.46. The summed E-state index contributed by atoms with van der Waals surface area (Å²) in [4.78, 5) is 45.2. The van der Waals surface area contributed by atoms with Crippen LogP contribution in [0.15, 0.2) is 0 Å². The fraction of sp³-hybridized carbons (Fsp3) is 0.933. The van der Waals surface area contributed by atoms with E-state index in [-0.39, 0.29) is 42.5 Å². The Bertz CT molecular complexity index is 2580.